The number of carbonyl (C=O) groups is 2. The molecule has 24 nitrogen and oxygen atoms in total. The topological polar surface area (TPSA) is 293 Å². The molecule has 10 unspecified atom stereocenters. The lowest BCUT2D eigenvalue weighted by molar-refractivity contribution is -0.361. The molecular formula is C34H58N8O16. The van der Waals surface area contributed by atoms with Gasteiger partial charge in [0.05, 0.1) is 78.2 Å². The number of methoxy groups -OCH3 is 3. The average molecular weight is 835 g/mol. The van der Waals surface area contributed by atoms with Crippen LogP contribution in [-0.2, 0) is 83.1 Å². The summed E-state index contributed by atoms with van der Waals surface area (Å²) in [6.07, 6.45) is -9.57. The second kappa shape index (κ2) is 25.3. The second-order valence-corrected chi connectivity index (χ2v) is 13.3. The fourth-order valence-electron chi connectivity index (χ4n) is 5.96. The molecule has 0 saturated carbocycles. The highest BCUT2D eigenvalue weighted by atomic mass is 16.7. The van der Waals surface area contributed by atoms with E-state index in [1.807, 2.05) is 6.92 Å². The summed E-state index contributed by atoms with van der Waals surface area (Å²) in [7, 11) is 4.16. The molecule has 330 valence electrons. The summed E-state index contributed by atoms with van der Waals surface area (Å²) in [6, 6.07) is 0. The van der Waals surface area contributed by atoms with E-state index in [9.17, 15) is 30.0 Å². The first kappa shape index (κ1) is 47.3. The summed E-state index contributed by atoms with van der Waals surface area (Å²) < 4.78 is 58.6. The monoisotopic (exact) mass is 834 g/mol. The lowest BCUT2D eigenvalue weighted by Crippen LogP contribution is -2.65. The number of aliphatic hydroxyl groups is 4. The van der Waals surface area contributed by atoms with Crippen LogP contribution in [0.4, 0.5) is 0 Å². The third kappa shape index (κ3) is 14.4. The third-order valence-electron chi connectivity index (χ3n) is 8.97. The first-order chi connectivity index (χ1) is 28.1. The van der Waals surface area contributed by atoms with Gasteiger partial charge >= 0.3 is 0 Å². The van der Waals surface area contributed by atoms with E-state index in [0.29, 0.717) is 57.5 Å². The lowest BCUT2D eigenvalue weighted by Gasteiger charge is -2.47. The Labute approximate surface area is 335 Å². The second-order valence-electron chi connectivity index (χ2n) is 13.3. The van der Waals surface area contributed by atoms with Gasteiger partial charge in [0, 0.05) is 27.9 Å². The van der Waals surface area contributed by atoms with Crippen molar-refractivity contribution in [3.63, 3.8) is 0 Å². The summed E-state index contributed by atoms with van der Waals surface area (Å²) in [5.41, 5.74) is 1.02. The minimum absolute atomic E-state index is 0.0411. The number of nitrogens with zero attached hydrogens (tertiary/aromatic N) is 6. The zero-order valence-electron chi connectivity index (χ0n) is 33.2. The van der Waals surface area contributed by atoms with E-state index < -0.39 is 93.0 Å². The Bertz CT molecular complexity index is 1470. The molecule has 2 aromatic heterocycles. The fraction of sp³-hybridized carbons (Fsp3) is 0.824. The average Bonchev–Trinajstić information content (AvgIpc) is 3.89. The van der Waals surface area contributed by atoms with Gasteiger partial charge in [0.1, 0.15) is 73.4 Å². The predicted octanol–water partition coefficient (Wildman–Crippen LogP) is -4.13. The zero-order chi connectivity index (χ0) is 41.9. The van der Waals surface area contributed by atoms with Gasteiger partial charge in [-0.25, -0.2) is 9.36 Å². The number of rotatable bonds is 27. The number of hydrogen-bond acceptors (Lipinski definition) is 20. The number of amides is 2. The number of nitrogens with one attached hydrogen (secondary N) is 2. The van der Waals surface area contributed by atoms with Crippen molar-refractivity contribution in [2.45, 2.75) is 101 Å². The number of aliphatic hydroxyl groups excluding tert-OH is 4. The molecule has 2 amide bonds. The van der Waals surface area contributed by atoms with E-state index in [1.165, 1.54) is 14.2 Å². The highest BCUT2D eigenvalue weighted by Crippen LogP contribution is 2.31. The molecule has 4 rings (SSSR count). The van der Waals surface area contributed by atoms with E-state index in [2.05, 4.69) is 31.3 Å². The van der Waals surface area contributed by atoms with Gasteiger partial charge in [0.15, 0.2) is 12.6 Å². The Balaban J connectivity index is 1.26. The highest BCUT2D eigenvalue weighted by Gasteiger charge is 2.52. The van der Waals surface area contributed by atoms with Crippen LogP contribution < -0.4 is 10.6 Å². The van der Waals surface area contributed by atoms with Crippen molar-refractivity contribution in [2.75, 3.05) is 80.8 Å². The van der Waals surface area contributed by atoms with Crippen molar-refractivity contribution in [2.24, 2.45) is 0 Å². The molecule has 2 aliphatic rings. The van der Waals surface area contributed by atoms with E-state index >= 15 is 0 Å². The molecule has 58 heavy (non-hydrogen) atoms. The predicted molar refractivity (Wildman–Crippen MR) is 193 cm³/mol. The Morgan fingerprint density at radius 3 is 1.93 bits per heavy atom. The van der Waals surface area contributed by atoms with Crippen molar-refractivity contribution >= 4 is 11.8 Å². The van der Waals surface area contributed by atoms with Gasteiger partial charge in [0.2, 0.25) is 11.8 Å². The molecule has 0 spiro atoms. The van der Waals surface area contributed by atoms with Crippen molar-refractivity contribution in [1.29, 1.82) is 0 Å². The van der Waals surface area contributed by atoms with Crippen LogP contribution in [0.25, 0.3) is 0 Å². The molecule has 0 aliphatic carbocycles. The van der Waals surface area contributed by atoms with Gasteiger partial charge in [-0.1, -0.05) is 17.4 Å². The third-order valence-corrected chi connectivity index (χ3v) is 8.97. The smallest absolute Gasteiger partial charge is 0.246 e. The van der Waals surface area contributed by atoms with Crippen LogP contribution in [0.2, 0.25) is 0 Å². The number of ether oxygens (including phenoxy) is 10. The summed E-state index contributed by atoms with van der Waals surface area (Å²) in [6.45, 7) is 3.75. The quantitative estimate of drug-likeness (QED) is 0.0466. The number of hydrogen-bond donors (Lipinski definition) is 6. The summed E-state index contributed by atoms with van der Waals surface area (Å²) >= 11 is 0. The molecule has 4 heterocycles. The molecule has 0 radical (unpaired) electrons. The molecule has 6 N–H and O–H groups in total. The number of aromatic nitrogens is 6. The van der Waals surface area contributed by atoms with Crippen LogP contribution in [0.1, 0.15) is 24.7 Å². The highest BCUT2D eigenvalue weighted by molar-refractivity contribution is 5.77. The van der Waals surface area contributed by atoms with Gasteiger partial charge in [-0.05, 0) is 6.42 Å². The molecule has 10 atom stereocenters. The van der Waals surface area contributed by atoms with Crippen molar-refractivity contribution in [3.8, 4) is 0 Å². The first-order valence-corrected chi connectivity index (χ1v) is 18.9. The molecule has 2 aromatic rings. The SMILES string of the molecule is CCCOCCn1cc(CNC(=O)COCC2OC(OC3C(CO)OC(OC)C(OCC(=O)NCc4cn(CCOCCOC)nn4)C3O)C(O)C(O)C2OC)nn1. The van der Waals surface area contributed by atoms with Crippen molar-refractivity contribution in [1.82, 2.24) is 40.6 Å². The zero-order valence-corrected chi connectivity index (χ0v) is 33.2. The van der Waals surface area contributed by atoms with Gasteiger partial charge in [-0.2, -0.15) is 0 Å². The van der Waals surface area contributed by atoms with E-state index in [0.717, 1.165) is 6.42 Å². The van der Waals surface area contributed by atoms with Gasteiger partial charge < -0.3 is 78.4 Å². The molecular weight excluding hydrogens is 776 g/mol. The van der Waals surface area contributed by atoms with Gasteiger partial charge in [0.25, 0.3) is 0 Å². The Kier molecular flexibility index (Phi) is 20.7. The molecule has 0 bridgehead atoms. The van der Waals surface area contributed by atoms with Crippen molar-refractivity contribution < 1.29 is 77.4 Å². The van der Waals surface area contributed by atoms with Crippen LogP contribution in [0, 0.1) is 0 Å². The summed E-state index contributed by atoms with van der Waals surface area (Å²) in [4.78, 5) is 25.2. The molecule has 0 aromatic carbocycles. The summed E-state index contributed by atoms with van der Waals surface area (Å²) in [5, 5.41) is 64.8. The minimum Gasteiger partial charge on any atom is -0.394 e. The largest absolute Gasteiger partial charge is 0.394 e. The number of carbonyl (C=O) groups excluding carboxylic acids is 2. The Morgan fingerprint density at radius 1 is 0.724 bits per heavy atom. The maximum atomic E-state index is 12.7. The lowest BCUT2D eigenvalue weighted by atomic mass is 9.96. The first-order valence-electron chi connectivity index (χ1n) is 18.9. The minimum atomic E-state index is -1.70. The van der Waals surface area contributed by atoms with E-state index in [-0.39, 0.29) is 19.7 Å². The van der Waals surface area contributed by atoms with Crippen LogP contribution in [0.3, 0.4) is 0 Å². The van der Waals surface area contributed by atoms with E-state index in [4.69, 9.17) is 47.4 Å². The Morgan fingerprint density at radius 2 is 1.34 bits per heavy atom. The van der Waals surface area contributed by atoms with Gasteiger partial charge in [-0.15, -0.1) is 10.2 Å². The fourth-order valence-corrected chi connectivity index (χ4v) is 5.96. The summed E-state index contributed by atoms with van der Waals surface area (Å²) in [5.74, 6) is -1.03. The van der Waals surface area contributed by atoms with Crippen LogP contribution in [-0.4, -0.2) is 204 Å². The molecule has 2 fully saturated rings. The standard InChI is InChI=1S/C34H58N8O16/c1-5-8-52-9-6-41-15-21(37-39-41)13-35-25(44)19-54-18-24-30(50-3)27(46)28(47)33(57-24)58-31-23(17-43)56-34(51-4)32(29(31)48)55-20-26(45)36-14-22-16-42(40-38-22)7-10-53-12-11-49-2/h15-16,23-24,27-34,43,46-48H,5-14,17-20H2,1-4H3,(H,35,44)(H,36,45). The normalized spacial score (nSPS) is 27.4. The maximum Gasteiger partial charge on any atom is 0.246 e. The molecule has 24 heteroatoms. The van der Waals surface area contributed by atoms with Gasteiger partial charge in [-0.3, -0.25) is 9.59 Å². The van der Waals surface area contributed by atoms with Crippen LogP contribution in [0.5, 0.6) is 0 Å². The molecule has 2 saturated heterocycles. The molecule has 2 aliphatic heterocycles. The maximum absolute atomic E-state index is 12.7. The van der Waals surface area contributed by atoms with Crippen LogP contribution in [0.15, 0.2) is 12.4 Å². The van der Waals surface area contributed by atoms with E-state index in [1.54, 1.807) is 28.9 Å². The van der Waals surface area contributed by atoms with Crippen molar-refractivity contribution in [3.05, 3.63) is 23.8 Å². The Hall–Kier alpha value is -3.34. The van der Waals surface area contributed by atoms with Crippen LogP contribution >= 0.6 is 0 Å².